The first kappa shape index (κ1) is 17.7. The Hall–Kier alpha value is -2.69. The Labute approximate surface area is 165 Å². The van der Waals surface area contributed by atoms with Crippen LogP contribution >= 0.6 is 15.9 Å². The molecule has 2 N–H and O–H groups in total. The van der Waals surface area contributed by atoms with E-state index >= 15 is 0 Å². The van der Waals surface area contributed by atoms with Gasteiger partial charge in [0.05, 0.1) is 29.1 Å². The highest BCUT2D eigenvalue weighted by molar-refractivity contribution is 9.10. The summed E-state index contributed by atoms with van der Waals surface area (Å²) in [7, 11) is 0. The molecule has 1 saturated heterocycles. The van der Waals surface area contributed by atoms with Crippen LogP contribution in [0.4, 0.5) is 5.95 Å². The van der Waals surface area contributed by atoms with Gasteiger partial charge in [-0.25, -0.2) is 4.98 Å². The largest absolute Gasteiger partial charge is 0.341 e. The maximum atomic E-state index is 13.3. The summed E-state index contributed by atoms with van der Waals surface area (Å²) in [5.41, 5.74) is 7.96. The third kappa shape index (κ3) is 3.34. The molecule has 1 aliphatic heterocycles. The summed E-state index contributed by atoms with van der Waals surface area (Å²) in [5.74, 6) is 0.607. The van der Waals surface area contributed by atoms with Crippen LogP contribution in [0.5, 0.6) is 0 Å². The maximum absolute atomic E-state index is 13.3. The number of fused-ring (bicyclic) bond motifs is 1. The lowest BCUT2D eigenvalue weighted by Crippen LogP contribution is -2.34. The molecule has 136 valence electrons. The van der Waals surface area contributed by atoms with Crippen LogP contribution in [0.3, 0.4) is 0 Å². The molecule has 0 bridgehead atoms. The first-order chi connectivity index (χ1) is 13.1. The zero-order valence-electron chi connectivity index (χ0n) is 14.6. The standard InChI is InChI=1S/C20H18BrN5O/c21-15-5-6-18-17(9-15)19(27)26(11-14-4-2-1-3-13(14)10-22)20(24-18)25-8-7-16(23)12-25/h1-6,9,16H,7-8,11-12,23H2/t16-/m1/s1. The van der Waals surface area contributed by atoms with Gasteiger partial charge in [-0.3, -0.25) is 9.36 Å². The van der Waals surface area contributed by atoms with E-state index in [9.17, 15) is 10.1 Å². The van der Waals surface area contributed by atoms with Crippen molar-refractivity contribution in [2.75, 3.05) is 18.0 Å². The molecule has 2 heterocycles. The van der Waals surface area contributed by atoms with E-state index in [1.165, 1.54) is 0 Å². The van der Waals surface area contributed by atoms with Crippen molar-refractivity contribution in [3.05, 3.63) is 68.4 Å². The van der Waals surface area contributed by atoms with Gasteiger partial charge in [0, 0.05) is 23.6 Å². The lowest BCUT2D eigenvalue weighted by atomic mass is 10.1. The van der Waals surface area contributed by atoms with Crippen LogP contribution in [-0.2, 0) is 6.54 Å². The van der Waals surface area contributed by atoms with E-state index < -0.39 is 0 Å². The second-order valence-electron chi connectivity index (χ2n) is 6.73. The van der Waals surface area contributed by atoms with Gasteiger partial charge in [0.1, 0.15) is 0 Å². The van der Waals surface area contributed by atoms with Crippen molar-refractivity contribution in [1.29, 1.82) is 5.26 Å². The number of halogens is 1. The van der Waals surface area contributed by atoms with E-state index in [0.717, 1.165) is 23.0 Å². The molecule has 2 aromatic carbocycles. The highest BCUT2D eigenvalue weighted by Gasteiger charge is 2.24. The molecule has 1 atom stereocenters. The third-order valence-electron chi connectivity index (χ3n) is 4.87. The van der Waals surface area contributed by atoms with Gasteiger partial charge in [-0.15, -0.1) is 0 Å². The Bertz CT molecular complexity index is 1120. The van der Waals surface area contributed by atoms with Gasteiger partial charge in [-0.05, 0) is 36.2 Å². The quantitative estimate of drug-likeness (QED) is 0.699. The van der Waals surface area contributed by atoms with Crippen LogP contribution in [0, 0.1) is 11.3 Å². The summed E-state index contributed by atoms with van der Waals surface area (Å²) in [4.78, 5) is 20.1. The number of nitrogens with two attached hydrogens (primary N) is 1. The van der Waals surface area contributed by atoms with Crippen molar-refractivity contribution < 1.29 is 0 Å². The average Bonchev–Trinajstić information content (AvgIpc) is 3.11. The van der Waals surface area contributed by atoms with Gasteiger partial charge in [0.15, 0.2) is 0 Å². The zero-order chi connectivity index (χ0) is 19.0. The molecule has 0 unspecified atom stereocenters. The molecule has 1 fully saturated rings. The van der Waals surface area contributed by atoms with Crippen molar-refractivity contribution in [3.63, 3.8) is 0 Å². The molecule has 1 aromatic heterocycles. The maximum Gasteiger partial charge on any atom is 0.263 e. The van der Waals surface area contributed by atoms with Crippen molar-refractivity contribution in [3.8, 4) is 6.07 Å². The fourth-order valence-corrected chi connectivity index (χ4v) is 3.83. The number of hydrogen-bond acceptors (Lipinski definition) is 5. The molecule has 0 radical (unpaired) electrons. The number of nitriles is 1. The fourth-order valence-electron chi connectivity index (χ4n) is 3.47. The van der Waals surface area contributed by atoms with Crippen LogP contribution in [0.2, 0.25) is 0 Å². The molecular formula is C20H18BrN5O. The first-order valence-electron chi connectivity index (χ1n) is 8.75. The lowest BCUT2D eigenvalue weighted by Gasteiger charge is -2.22. The third-order valence-corrected chi connectivity index (χ3v) is 5.36. The van der Waals surface area contributed by atoms with E-state index in [2.05, 4.69) is 26.9 Å². The Morgan fingerprint density at radius 2 is 2.11 bits per heavy atom. The molecule has 7 heteroatoms. The second-order valence-corrected chi connectivity index (χ2v) is 7.64. The summed E-state index contributed by atoms with van der Waals surface area (Å²) < 4.78 is 2.48. The normalized spacial score (nSPS) is 16.6. The van der Waals surface area contributed by atoms with E-state index in [1.807, 2.05) is 30.3 Å². The summed E-state index contributed by atoms with van der Waals surface area (Å²) in [6.07, 6.45) is 0.864. The molecule has 0 spiro atoms. The average molecular weight is 424 g/mol. The molecule has 0 saturated carbocycles. The first-order valence-corrected chi connectivity index (χ1v) is 9.55. The van der Waals surface area contributed by atoms with Crippen LogP contribution < -0.4 is 16.2 Å². The predicted molar refractivity (Wildman–Crippen MR) is 109 cm³/mol. The minimum atomic E-state index is -0.121. The second kappa shape index (κ2) is 7.14. The van der Waals surface area contributed by atoms with Crippen LogP contribution in [0.1, 0.15) is 17.5 Å². The van der Waals surface area contributed by atoms with Gasteiger partial charge in [0.2, 0.25) is 5.95 Å². The Morgan fingerprint density at radius 3 is 2.85 bits per heavy atom. The minimum absolute atomic E-state index is 0.0716. The summed E-state index contributed by atoms with van der Waals surface area (Å²) >= 11 is 3.43. The van der Waals surface area contributed by atoms with Gasteiger partial charge < -0.3 is 10.6 Å². The number of nitrogens with zero attached hydrogens (tertiary/aromatic N) is 4. The Morgan fingerprint density at radius 1 is 1.30 bits per heavy atom. The monoisotopic (exact) mass is 423 g/mol. The van der Waals surface area contributed by atoms with E-state index in [-0.39, 0.29) is 11.6 Å². The molecule has 3 aromatic rings. The summed E-state index contributed by atoms with van der Waals surface area (Å²) in [6.45, 7) is 1.71. The number of rotatable bonds is 3. The number of benzene rings is 2. The summed E-state index contributed by atoms with van der Waals surface area (Å²) in [5, 5.41) is 9.95. The lowest BCUT2D eigenvalue weighted by molar-refractivity contribution is 0.707. The zero-order valence-corrected chi connectivity index (χ0v) is 16.2. The topological polar surface area (TPSA) is 87.9 Å². The van der Waals surface area contributed by atoms with E-state index in [0.29, 0.717) is 35.5 Å². The highest BCUT2D eigenvalue weighted by Crippen LogP contribution is 2.23. The molecular weight excluding hydrogens is 406 g/mol. The summed E-state index contributed by atoms with van der Waals surface area (Å²) in [6, 6.07) is 15.1. The number of anilines is 1. The number of hydrogen-bond donors (Lipinski definition) is 1. The van der Waals surface area contributed by atoms with Crippen molar-refractivity contribution in [2.24, 2.45) is 5.73 Å². The molecule has 1 aliphatic rings. The fraction of sp³-hybridized carbons (Fsp3) is 0.250. The van der Waals surface area contributed by atoms with Gasteiger partial charge in [0.25, 0.3) is 5.56 Å². The smallest absolute Gasteiger partial charge is 0.263 e. The molecule has 4 rings (SSSR count). The highest BCUT2D eigenvalue weighted by atomic mass is 79.9. The van der Waals surface area contributed by atoms with Gasteiger partial charge in [-0.2, -0.15) is 5.26 Å². The van der Waals surface area contributed by atoms with Crippen molar-refractivity contribution in [1.82, 2.24) is 9.55 Å². The Balaban J connectivity index is 1.92. The van der Waals surface area contributed by atoms with Crippen LogP contribution in [-0.4, -0.2) is 28.7 Å². The van der Waals surface area contributed by atoms with Gasteiger partial charge >= 0.3 is 0 Å². The van der Waals surface area contributed by atoms with Crippen LogP contribution in [0.15, 0.2) is 51.7 Å². The van der Waals surface area contributed by atoms with E-state index in [4.69, 9.17) is 10.7 Å². The minimum Gasteiger partial charge on any atom is -0.341 e. The van der Waals surface area contributed by atoms with Crippen molar-refractivity contribution >= 4 is 32.8 Å². The van der Waals surface area contributed by atoms with Gasteiger partial charge in [-0.1, -0.05) is 34.1 Å². The number of aromatic nitrogens is 2. The molecule has 0 aliphatic carbocycles. The predicted octanol–water partition coefficient (Wildman–Crippen LogP) is 2.62. The molecule has 6 nitrogen and oxygen atoms in total. The van der Waals surface area contributed by atoms with E-state index in [1.54, 1.807) is 16.7 Å². The van der Waals surface area contributed by atoms with Crippen LogP contribution in [0.25, 0.3) is 10.9 Å². The molecule has 27 heavy (non-hydrogen) atoms. The Kier molecular flexibility index (Phi) is 4.68. The molecule has 0 amide bonds. The van der Waals surface area contributed by atoms with Crippen molar-refractivity contribution in [2.45, 2.75) is 19.0 Å². The SMILES string of the molecule is N#Cc1ccccc1Cn1c(N2CC[C@@H](N)C2)nc2ccc(Br)cc2c1=O.